The molecule has 1 aromatic heterocycles. The molecule has 0 aromatic carbocycles. The first-order valence-corrected chi connectivity index (χ1v) is 6.33. The molecule has 0 aliphatic carbocycles. The Morgan fingerprint density at radius 3 is 2.65 bits per heavy atom. The maximum atomic E-state index is 12.0. The summed E-state index contributed by atoms with van der Waals surface area (Å²) in [4.78, 5) is 0. The van der Waals surface area contributed by atoms with Crippen molar-refractivity contribution in [3.63, 3.8) is 0 Å². The van der Waals surface area contributed by atoms with Crippen molar-refractivity contribution in [2.75, 3.05) is 13.6 Å². The van der Waals surface area contributed by atoms with Gasteiger partial charge in [0.1, 0.15) is 0 Å². The first-order valence-electron chi connectivity index (χ1n) is 4.84. The summed E-state index contributed by atoms with van der Waals surface area (Å²) in [5, 5.41) is 8.69. The van der Waals surface area contributed by atoms with Gasteiger partial charge in [-0.05, 0) is 14.0 Å². The normalized spacial score (nSPS) is 12.3. The van der Waals surface area contributed by atoms with Crippen LogP contribution < -0.4 is 10.0 Å². The van der Waals surface area contributed by atoms with Gasteiger partial charge in [-0.3, -0.25) is 5.10 Å². The number of hydrogen-bond donors (Lipinski definition) is 3. The van der Waals surface area contributed by atoms with Gasteiger partial charge >= 0.3 is 0 Å². The van der Waals surface area contributed by atoms with Crippen molar-refractivity contribution >= 4 is 10.0 Å². The van der Waals surface area contributed by atoms with Crippen molar-refractivity contribution in [2.45, 2.75) is 24.9 Å². The second-order valence-corrected chi connectivity index (χ2v) is 5.09. The number of alkyl halides is 2. The Hall–Kier alpha value is -1.06. The second kappa shape index (κ2) is 5.52. The maximum Gasteiger partial charge on any atom is 0.260 e. The van der Waals surface area contributed by atoms with Crippen LogP contribution in [0.4, 0.5) is 8.78 Å². The molecule has 0 amide bonds. The van der Waals surface area contributed by atoms with Gasteiger partial charge in [0.25, 0.3) is 16.4 Å². The fourth-order valence-electron chi connectivity index (χ4n) is 1.28. The van der Waals surface area contributed by atoms with Gasteiger partial charge in [0.15, 0.2) is 5.03 Å². The van der Waals surface area contributed by atoms with Crippen LogP contribution in [0.5, 0.6) is 0 Å². The van der Waals surface area contributed by atoms with Crippen LogP contribution in [-0.2, 0) is 16.6 Å². The molecule has 0 saturated carbocycles. The number of rotatable bonds is 6. The number of nitrogens with one attached hydrogen (secondary N) is 3. The van der Waals surface area contributed by atoms with E-state index in [2.05, 4.69) is 15.5 Å². The molecule has 1 rings (SSSR count). The average molecular weight is 268 g/mol. The molecule has 0 fully saturated rings. The average Bonchev–Trinajstić information content (AvgIpc) is 2.59. The van der Waals surface area contributed by atoms with Gasteiger partial charge in [0.05, 0.1) is 6.54 Å². The van der Waals surface area contributed by atoms with Crippen molar-refractivity contribution in [1.82, 2.24) is 20.2 Å². The van der Waals surface area contributed by atoms with E-state index < -0.39 is 23.0 Å². The van der Waals surface area contributed by atoms with Crippen LogP contribution in [0.15, 0.2) is 5.03 Å². The smallest absolute Gasteiger partial charge is 0.260 e. The van der Waals surface area contributed by atoms with Gasteiger partial charge in [0, 0.05) is 17.8 Å². The van der Waals surface area contributed by atoms with E-state index in [1.165, 1.54) is 0 Å². The van der Waals surface area contributed by atoms with E-state index in [0.717, 1.165) is 0 Å². The molecule has 0 bridgehead atoms. The Balaban J connectivity index is 2.98. The van der Waals surface area contributed by atoms with Crippen molar-refractivity contribution in [3.05, 3.63) is 11.3 Å². The summed E-state index contributed by atoms with van der Waals surface area (Å²) in [6, 6.07) is 0. The highest BCUT2D eigenvalue weighted by molar-refractivity contribution is 7.89. The number of aromatic nitrogens is 2. The second-order valence-electron chi connectivity index (χ2n) is 3.41. The molecule has 1 heterocycles. The van der Waals surface area contributed by atoms with E-state index >= 15 is 0 Å². The van der Waals surface area contributed by atoms with Crippen molar-refractivity contribution in [1.29, 1.82) is 0 Å². The summed E-state index contributed by atoms with van der Waals surface area (Å²) in [7, 11) is -2.35. The lowest BCUT2D eigenvalue weighted by atomic mass is 10.3. The molecule has 0 aliphatic heterocycles. The van der Waals surface area contributed by atoms with Gasteiger partial charge in [-0.25, -0.2) is 21.9 Å². The van der Waals surface area contributed by atoms with Crippen LogP contribution in [0.25, 0.3) is 0 Å². The van der Waals surface area contributed by atoms with E-state index in [9.17, 15) is 17.2 Å². The van der Waals surface area contributed by atoms with Crippen LogP contribution in [0.1, 0.15) is 11.3 Å². The van der Waals surface area contributed by atoms with Crippen molar-refractivity contribution < 1.29 is 17.2 Å². The lowest BCUT2D eigenvalue weighted by Crippen LogP contribution is -2.30. The van der Waals surface area contributed by atoms with Crippen molar-refractivity contribution in [2.24, 2.45) is 0 Å². The first kappa shape index (κ1) is 14.0. The Morgan fingerprint density at radius 1 is 1.47 bits per heavy atom. The number of sulfonamides is 1. The Bertz CT molecular complexity index is 472. The molecule has 0 aliphatic rings. The predicted octanol–water partition coefficient (Wildman–Crippen LogP) is -0.0191. The molecule has 3 N–H and O–H groups in total. The van der Waals surface area contributed by atoms with E-state index in [1.54, 1.807) is 18.7 Å². The minimum atomic E-state index is -4.00. The number of H-pyrrole nitrogens is 1. The summed E-state index contributed by atoms with van der Waals surface area (Å²) in [5.41, 5.74) is 1.02. The lowest BCUT2D eigenvalue weighted by Gasteiger charge is -2.06. The SMILES string of the molecule is CNCc1c(S(=O)(=O)NCC(F)F)n[nH]c1C. The quantitative estimate of drug-likeness (QED) is 0.677. The highest BCUT2D eigenvalue weighted by Gasteiger charge is 2.24. The topological polar surface area (TPSA) is 86.9 Å². The molecule has 9 heteroatoms. The minimum Gasteiger partial charge on any atom is -0.316 e. The zero-order chi connectivity index (χ0) is 13.1. The van der Waals surface area contributed by atoms with Crippen LogP contribution in [-0.4, -0.2) is 38.6 Å². The highest BCUT2D eigenvalue weighted by Crippen LogP contribution is 2.15. The van der Waals surface area contributed by atoms with Crippen LogP contribution in [0.2, 0.25) is 0 Å². The third-order valence-corrected chi connectivity index (χ3v) is 3.47. The molecular formula is C8H14F2N4O2S. The van der Waals surface area contributed by atoms with Gasteiger partial charge in [-0.15, -0.1) is 0 Å². The summed E-state index contributed by atoms with van der Waals surface area (Å²) < 4.78 is 49.1. The third kappa shape index (κ3) is 3.45. The standard InChI is InChI=1S/C8H14F2N4O2S/c1-5-6(3-11-2)8(14-13-5)17(15,16)12-4-7(9)10/h7,11-12H,3-4H2,1-2H3,(H,13,14). The number of halogens is 2. The van der Waals surface area contributed by atoms with E-state index in [0.29, 0.717) is 11.3 Å². The monoisotopic (exact) mass is 268 g/mol. The largest absolute Gasteiger partial charge is 0.316 e. The van der Waals surface area contributed by atoms with E-state index in [1.807, 2.05) is 0 Å². The lowest BCUT2D eigenvalue weighted by molar-refractivity contribution is 0.153. The van der Waals surface area contributed by atoms with Gasteiger partial charge in [-0.2, -0.15) is 5.10 Å². The van der Waals surface area contributed by atoms with Crippen LogP contribution >= 0.6 is 0 Å². The van der Waals surface area contributed by atoms with Crippen LogP contribution in [0, 0.1) is 6.92 Å². The zero-order valence-electron chi connectivity index (χ0n) is 9.42. The van der Waals surface area contributed by atoms with Gasteiger partial charge in [-0.1, -0.05) is 0 Å². The molecule has 0 saturated heterocycles. The Morgan fingerprint density at radius 2 is 2.12 bits per heavy atom. The molecule has 1 aromatic rings. The Labute approximate surface area is 97.8 Å². The number of hydrogen-bond acceptors (Lipinski definition) is 4. The Kier molecular flexibility index (Phi) is 4.54. The van der Waals surface area contributed by atoms with Crippen LogP contribution in [0.3, 0.4) is 0 Å². The molecule has 0 unspecified atom stereocenters. The fraction of sp³-hybridized carbons (Fsp3) is 0.625. The fourth-order valence-corrected chi connectivity index (χ4v) is 2.48. The number of nitrogens with zero attached hydrogens (tertiary/aromatic N) is 1. The highest BCUT2D eigenvalue weighted by atomic mass is 32.2. The predicted molar refractivity (Wildman–Crippen MR) is 57.3 cm³/mol. The van der Waals surface area contributed by atoms with Crippen molar-refractivity contribution in [3.8, 4) is 0 Å². The molecule has 6 nitrogen and oxygen atoms in total. The third-order valence-electron chi connectivity index (χ3n) is 2.07. The summed E-state index contributed by atoms with van der Waals surface area (Å²) in [6.07, 6.45) is -2.74. The first-order chi connectivity index (χ1) is 7.88. The molecule has 0 atom stereocenters. The number of aryl methyl sites for hydroxylation is 1. The van der Waals surface area contributed by atoms with E-state index in [4.69, 9.17) is 0 Å². The molecule has 98 valence electrons. The molecule has 0 spiro atoms. The molecule has 17 heavy (non-hydrogen) atoms. The van der Waals surface area contributed by atoms with E-state index in [-0.39, 0.29) is 11.6 Å². The van der Waals surface area contributed by atoms with Gasteiger partial charge in [0.2, 0.25) is 0 Å². The zero-order valence-corrected chi connectivity index (χ0v) is 10.2. The number of aromatic amines is 1. The summed E-state index contributed by atoms with van der Waals surface area (Å²) in [6.45, 7) is 1.02. The van der Waals surface area contributed by atoms with Gasteiger partial charge < -0.3 is 5.32 Å². The minimum absolute atomic E-state index is 0.245. The maximum absolute atomic E-state index is 12.0. The molecule has 0 radical (unpaired) electrons. The molecular weight excluding hydrogens is 254 g/mol. The summed E-state index contributed by atoms with van der Waals surface area (Å²) in [5.74, 6) is 0. The summed E-state index contributed by atoms with van der Waals surface area (Å²) >= 11 is 0.